The molecule has 1 N–H and O–H groups in total. The van der Waals surface area contributed by atoms with Gasteiger partial charge in [0.2, 0.25) is 0 Å². The minimum atomic E-state index is -0.989. The van der Waals surface area contributed by atoms with E-state index < -0.39 is 11.9 Å². The van der Waals surface area contributed by atoms with Crippen LogP contribution in [0.5, 0.6) is 0 Å². The predicted molar refractivity (Wildman–Crippen MR) is 106 cm³/mol. The van der Waals surface area contributed by atoms with Gasteiger partial charge < -0.3 is 14.6 Å². The number of unbranched alkanes of at least 4 members (excludes halogenated alkanes) is 1. The zero-order valence-corrected chi connectivity index (χ0v) is 15.8. The van der Waals surface area contributed by atoms with Gasteiger partial charge in [0.25, 0.3) is 0 Å². The first-order valence-electron chi connectivity index (χ1n) is 8.38. The van der Waals surface area contributed by atoms with Crippen LogP contribution in [0.1, 0.15) is 31.7 Å². The van der Waals surface area contributed by atoms with Gasteiger partial charge in [0.1, 0.15) is 6.61 Å². The number of carbonyl (C=O) groups is 3. The summed E-state index contributed by atoms with van der Waals surface area (Å²) in [6.45, 7) is 12.5. The van der Waals surface area contributed by atoms with Gasteiger partial charge in [-0.15, -0.1) is 0 Å². The third-order valence-corrected chi connectivity index (χ3v) is 2.67. The Morgan fingerprint density at radius 3 is 1.85 bits per heavy atom. The zero-order valence-electron chi connectivity index (χ0n) is 15.8. The predicted octanol–water partition coefficient (Wildman–Crippen LogP) is 4.04. The van der Waals surface area contributed by atoms with Crippen LogP contribution in [0.15, 0.2) is 62.2 Å². The highest BCUT2D eigenvalue weighted by atomic mass is 16.5. The summed E-state index contributed by atoms with van der Waals surface area (Å²) < 4.78 is 9.04. The molecule has 148 valence electrons. The number of carbonyl (C=O) groups excluding carboxylic acids is 2. The number of hydrogen-bond acceptors (Lipinski definition) is 5. The summed E-state index contributed by atoms with van der Waals surface area (Å²) in [6, 6.07) is 10.0. The van der Waals surface area contributed by atoms with E-state index in [4.69, 9.17) is 5.11 Å². The van der Waals surface area contributed by atoms with Crippen molar-refractivity contribution in [2.75, 3.05) is 13.2 Å². The van der Waals surface area contributed by atoms with Gasteiger partial charge in [-0.1, -0.05) is 69.5 Å². The lowest BCUT2D eigenvalue weighted by atomic mass is 10.2. The van der Waals surface area contributed by atoms with Crippen LogP contribution in [-0.2, 0) is 23.9 Å². The molecule has 0 heterocycles. The number of aliphatic carboxylic acids is 1. The maximum Gasteiger partial charge on any atom is 0.330 e. The highest BCUT2D eigenvalue weighted by Crippen LogP contribution is 1.97. The van der Waals surface area contributed by atoms with E-state index in [1.807, 2.05) is 43.3 Å². The fraction of sp³-hybridized carbons (Fsp3) is 0.286. The van der Waals surface area contributed by atoms with E-state index in [0.29, 0.717) is 6.61 Å². The van der Waals surface area contributed by atoms with Crippen LogP contribution in [-0.4, -0.2) is 36.2 Å². The van der Waals surface area contributed by atoms with Crippen molar-refractivity contribution in [2.45, 2.75) is 26.2 Å². The van der Waals surface area contributed by atoms with Gasteiger partial charge in [-0.2, -0.15) is 0 Å². The molecule has 0 aliphatic carbocycles. The Hall–Kier alpha value is -3.15. The first-order valence-corrected chi connectivity index (χ1v) is 8.38. The molecule has 0 aliphatic heterocycles. The van der Waals surface area contributed by atoms with Crippen molar-refractivity contribution >= 4 is 24.0 Å². The van der Waals surface area contributed by atoms with E-state index in [9.17, 15) is 14.4 Å². The van der Waals surface area contributed by atoms with Crippen molar-refractivity contribution in [1.82, 2.24) is 0 Å². The lowest BCUT2D eigenvalue weighted by Gasteiger charge is -1.97. The molecule has 0 fully saturated rings. The third-order valence-electron chi connectivity index (χ3n) is 2.67. The summed E-state index contributed by atoms with van der Waals surface area (Å²) in [5.41, 5.74) is 1.17. The SMILES string of the molecule is C=CC(=O)OCCC(=O)O.C=CC(=O)OCCCC.C=Cc1ccccc1. The smallest absolute Gasteiger partial charge is 0.330 e. The van der Waals surface area contributed by atoms with Crippen molar-refractivity contribution in [3.8, 4) is 0 Å². The van der Waals surface area contributed by atoms with Crippen LogP contribution in [0.25, 0.3) is 6.08 Å². The molecule has 0 aromatic heterocycles. The molecule has 0 amide bonds. The fourth-order valence-electron chi connectivity index (χ4n) is 1.26. The lowest BCUT2D eigenvalue weighted by Crippen LogP contribution is -2.06. The molecule has 1 rings (SSSR count). The maximum atomic E-state index is 10.3. The van der Waals surface area contributed by atoms with E-state index in [1.54, 1.807) is 0 Å². The normalized spacial score (nSPS) is 8.48. The number of esters is 2. The van der Waals surface area contributed by atoms with Gasteiger partial charge >= 0.3 is 17.9 Å². The summed E-state index contributed by atoms with van der Waals surface area (Å²) in [5.74, 6) is -1.92. The third kappa shape index (κ3) is 20.8. The van der Waals surface area contributed by atoms with Gasteiger partial charge in [0, 0.05) is 12.2 Å². The minimum Gasteiger partial charge on any atom is -0.481 e. The largest absolute Gasteiger partial charge is 0.481 e. The van der Waals surface area contributed by atoms with Gasteiger partial charge in [-0.3, -0.25) is 4.79 Å². The number of hydrogen-bond donors (Lipinski definition) is 1. The van der Waals surface area contributed by atoms with Crippen molar-refractivity contribution in [3.63, 3.8) is 0 Å². The molecule has 0 spiro atoms. The molecule has 1 aromatic carbocycles. The Bertz CT molecular complexity index is 578. The highest BCUT2D eigenvalue weighted by molar-refractivity contribution is 5.81. The van der Waals surface area contributed by atoms with E-state index in [-0.39, 0.29) is 19.0 Å². The van der Waals surface area contributed by atoms with Crippen molar-refractivity contribution in [1.29, 1.82) is 0 Å². The maximum absolute atomic E-state index is 10.3. The average Bonchev–Trinajstić information content (AvgIpc) is 2.69. The van der Waals surface area contributed by atoms with Crippen LogP contribution in [0.2, 0.25) is 0 Å². The van der Waals surface area contributed by atoms with Gasteiger partial charge in [-0.05, 0) is 12.0 Å². The Morgan fingerprint density at radius 1 is 0.963 bits per heavy atom. The molecule has 0 bridgehead atoms. The summed E-state index contributed by atoms with van der Waals surface area (Å²) >= 11 is 0. The van der Waals surface area contributed by atoms with E-state index in [1.165, 1.54) is 11.6 Å². The van der Waals surface area contributed by atoms with Gasteiger partial charge in [0.05, 0.1) is 13.0 Å². The fourth-order valence-corrected chi connectivity index (χ4v) is 1.26. The number of carboxylic acids is 1. The molecule has 1 aromatic rings. The summed E-state index contributed by atoms with van der Waals surface area (Å²) in [4.78, 5) is 30.5. The monoisotopic (exact) mass is 376 g/mol. The molecule has 0 atom stereocenters. The van der Waals surface area contributed by atoms with Crippen LogP contribution < -0.4 is 0 Å². The van der Waals surface area contributed by atoms with E-state index >= 15 is 0 Å². The molecule has 0 unspecified atom stereocenters. The van der Waals surface area contributed by atoms with Crippen molar-refractivity contribution < 1.29 is 29.0 Å². The van der Waals surface area contributed by atoms with Gasteiger partial charge in [0.15, 0.2) is 0 Å². The standard InChI is InChI=1S/C8H8.C7H12O2.C6H8O4/c1-2-8-6-4-3-5-7-8;1-3-5-6-9-7(8)4-2;1-2-6(9)10-4-3-5(7)8/h2-7H,1H2;4H,2-3,5-6H2,1H3;2H,1,3-4H2,(H,7,8). The molecule has 6 nitrogen and oxygen atoms in total. The highest BCUT2D eigenvalue weighted by Gasteiger charge is 1.98. The van der Waals surface area contributed by atoms with Crippen molar-refractivity contribution in [2.24, 2.45) is 0 Å². The average molecular weight is 376 g/mol. The molecular weight excluding hydrogens is 348 g/mol. The van der Waals surface area contributed by atoms with Crippen LogP contribution in [0.3, 0.4) is 0 Å². The van der Waals surface area contributed by atoms with Crippen LogP contribution in [0.4, 0.5) is 0 Å². The zero-order chi connectivity index (χ0) is 20.9. The Kier molecular flexibility index (Phi) is 18.5. The van der Waals surface area contributed by atoms with Crippen LogP contribution in [0, 0.1) is 0 Å². The molecule has 27 heavy (non-hydrogen) atoms. The molecule has 0 radical (unpaired) electrons. The number of rotatable bonds is 9. The first-order chi connectivity index (χ1) is 12.9. The molecule has 6 heteroatoms. The molecule has 0 aliphatic rings. The summed E-state index contributed by atoms with van der Waals surface area (Å²) in [7, 11) is 0. The number of ether oxygens (including phenoxy) is 2. The quantitative estimate of drug-likeness (QED) is 0.397. The summed E-state index contributed by atoms with van der Waals surface area (Å²) in [6.07, 6.45) is 5.81. The topological polar surface area (TPSA) is 89.9 Å². The summed E-state index contributed by atoms with van der Waals surface area (Å²) in [5, 5.41) is 8.08. The first kappa shape index (κ1) is 26.1. The minimum absolute atomic E-state index is 0.0970. The molecular formula is C21H28O6. The lowest BCUT2D eigenvalue weighted by molar-refractivity contribution is -0.143. The second-order valence-corrected chi connectivity index (χ2v) is 4.86. The van der Waals surface area contributed by atoms with Crippen LogP contribution >= 0.6 is 0 Å². The number of carboxylic acid groups (broad SMARTS) is 1. The molecule has 0 saturated carbocycles. The second-order valence-electron chi connectivity index (χ2n) is 4.86. The van der Waals surface area contributed by atoms with E-state index in [2.05, 4.69) is 29.2 Å². The van der Waals surface area contributed by atoms with Gasteiger partial charge in [-0.25, -0.2) is 9.59 Å². The Morgan fingerprint density at radius 2 is 1.48 bits per heavy atom. The van der Waals surface area contributed by atoms with E-state index in [0.717, 1.165) is 18.9 Å². The second kappa shape index (κ2) is 19.2. The number of benzene rings is 1. The Balaban J connectivity index is 0. The Labute approximate surface area is 160 Å². The molecule has 0 saturated heterocycles. The van der Waals surface area contributed by atoms with Crippen molar-refractivity contribution in [3.05, 3.63) is 67.8 Å².